The molecule has 0 amide bonds. The van der Waals surface area contributed by atoms with Crippen LogP contribution in [0.3, 0.4) is 0 Å². The van der Waals surface area contributed by atoms with E-state index < -0.39 is 0 Å². The molecule has 1 heterocycles. The molecular weight excluding hydrogens is 226 g/mol. The van der Waals surface area contributed by atoms with E-state index in [1.54, 1.807) is 6.07 Å². The highest BCUT2D eigenvalue weighted by molar-refractivity contribution is 5.62. The van der Waals surface area contributed by atoms with Gasteiger partial charge in [-0.1, -0.05) is 23.8 Å². The molecule has 4 heteroatoms. The molecule has 0 aliphatic carbocycles. The van der Waals surface area contributed by atoms with Crippen molar-refractivity contribution in [1.82, 2.24) is 9.97 Å². The highest BCUT2D eigenvalue weighted by atomic mass is 16.5. The Kier molecular flexibility index (Phi) is 3.89. The zero-order chi connectivity index (χ0) is 13.0. The van der Waals surface area contributed by atoms with Crippen molar-refractivity contribution < 1.29 is 4.74 Å². The van der Waals surface area contributed by atoms with Crippen LogP contribution in [0.15, 0.2) is 30.3 Å². The van der Waals surface area contributed by atoms with Crippen molar-refractivity contribution in [3.05, 3.63) is 41.7 Å². The third kappa shape index (κ3) is 3.05. The number of rotatable bonds is 4. The number of nitrogen functional groups attached to an aromatic ring is 1. The normalized spacial score (nSPS) is 10.6. The fraction of sp³-hybridized carbons (Fsp3) is 0.286. The van der Waals surface area contributed by atoms with E-state index in [4.69, 9.17) is 10.5 Å². The molecule has 0 aliphatic heterocycles. The van der Waals surface area contributed by atoms with E-state index in [9.17, 15) is 0 Å². The standard InChI is InChI=1S/C14H17N3O/c1-3-18-9-14-16-12(8-13(15)17-14)11-6-4-5-10(2)7-11/h4-8H,3,9H2,1-2H3,(H2,15,16,17). The third-order valence-corrected chi connectivity index (χ3v) is 2.54. The van der Waals surface area contributed by atoms with Crippen LogP contribution in [-0.2, 0) is 11.3 Å². The van der Waals surface area contributed by atoms with Gasteiger partial charge in [0.2, 0.25) is 0 Å². The lowest BCUT2D eigenvalue weighted by Crippen LogP contribution is -2.03. The van der Waals surface area contributed by atoms with Gasteiger partial charge >= 0.3 is 0 Å². The van der Waals surface area contributed by atoms with Gasteiger partial charge in [0.15, 0.2) is 5.82 Å². The first-order valence-corrected chi connectivity index (χ1v) is 5.97. The van der Waals surface area contributed by atoms with Gasteiger partial charge in [-0.3, -0.25) is 0 Å². The Morgan fingerprint density at radius 3 is 2.78 bits per heavy atom. The minimum Gasteiger partial charge on any atom is -0.384 e. The van der Waals surface area contributed by atoms with E-state index in [0.717, 1.165) is 11.3 Å². The van der Waals surface area contributed by atoms with Crippen LogP contribution >= 0.6 is 0 Å². The largest absolute Gasteiger partial charge is 0.384 e. The van der Waals surface area contributed by atoms with E-state index in [-0.39, 0.29) is 0 Å². The summed E-state index contributed by atoms with van der Waals surface area (Å²) in [6, 6.07) is 9.93. The van der Waals surface area contributed by atoms with Crippen molar-refractivity contribution in [2.75, 3.05) is 12.3 Å². The van der Waals surface area contributed by atoms with Crippen molar-refractivity contribution in [2.45, 2.75) is 20.5 Å². The SMILES string of the molecule is CCOCc1nc(N)cc(-c2cccc(C)c2)n1. The van der Waals surface area contributed by atoms with Gasteiger partial charge in [-0.2, -0.15) is 0 Å². The topological polar surface area (TPSA) is 61.0 Å². The lowest BCUT2D eigenvalue weighted by atomic mass is 10.1. The quantitative estimate of drug-likeness (QED) is 0.896. The summed E-state index contributed by atoms with van der Waals surface area (Å²) in [6.45, 7) is 5.02. The molecule has 2 aromatic rings. The molecular formula is C14H17N3O. The van der Waals surface area contributed by atoms with Crippen LogP contribution in [0.4, 0.5) is 5.82 Å². The molecule has 4 nitrogen and oxygen atoms in total. The highest BCUT2D eigenvalue weighted by Crippen LogP contribution is 2.20. The first kappa shape index (κ1) is 12.5. The fourth-order valence-electron chi connectivity index (χ4n) is 1.73. The second-order valence-corrected chi connectivity index (χ2v) is 4.10. The predicted octanol–water partition coefficient (Wildman–Crippen LogP) is 2.57. The van der Waals surface area contributed by atoms with E-state index >= 15 is 0 Å². The number of ether oxygens (including phenoxy) is 1. The monoisotopic (exact) mass is 243 g/mol. The molecule has 0 bridgehead atoms. The van der Waals surface area contributed by atoms with Crippen molar-refractivity contribution >= 4 is 5.82 Å². The lowest BCUT2D eigenvalue weighted by molar-refractivity contribution is 0.128. The second-order valence-electron chi connectivity index (χ2n) is 4.10. The van der Waals surface area contributed by atoms with Crippen molar-refractivity contribution in [2.24, 2.45) is 0 Å². The van der Waals surface area contributed by atoms with Gasteiger partial charge in [0.25, 0.3) is 0 Å². The maximum Gasteiger partial charge on any atom is 0.157 e. The molecule has 0 aliphatic rings. The molecule has 0 radical (unpaired) electrons. The van der Waals surface area contributed by atoms with E-state index in [1.807, 2.05) is 19.1 Å². The Morgan fingerprint density at radius 2 is 2.06 bits per heavy atom. The van der Waals surface area contributed by atoms with Gasteiger partial charge in [-0.25, -0.2) is 9.97 Å². The average Bonchev–Trinajstić information content (AvgIpc) is 2.36. The molecule has 2 rings (SSSR count). The number of aryl methyl sites for hydroxylation is 1. The highest BCUT2D eigenvalue weighted by Gasteiger charge is 2.05. The Bertz CT molecular complexity index is 540. The van der Waals surface area contributed by atoms with Crippen LogP contribution in [-0.4, -0.2) is 16.6 Å². The van der Waals surface area contributed by atoms with Crippen LogP contribution in [0.1, 0.15) is 18.3 Å². The lowest BCUT2D eigenvalue weighted by Gasteiger charge is -2.06. The molecule has 0 saturated heterocycles. The number of aromatic nitrogens is 2. The molecule has 1 aromatic carbocycles. The molecule has 1 aromatic heterocycles. The number of hydrogen-bond acceptors (Lipinski definition) is 4. The Labute approximate surface area is 107 Å². The van der Waals surface area contributed by atoms with Crippen LogP contribution in [0.25, 0.3) is 11.3 Å². The maximum atomic E-state index is 5.80. The predicted molar refractivity (Wildman–Crippen MR) is 71.9 cm³/mol. The van der Waals surface area contributed by atoms with E-state index in [2.05, 4.69) is 29.0 Å². The summed E-state index contributed by atoms with van der Waals surface area (Å²) >= 11 is 0. The molecule has 0 atom stereocenters. The summed E-state index contributed by atoms with van der Waals surface area (Å²) in [5.74, 6) is 1.09. The number of nitrogens with two attached hydrogens (primary N) is 1. The van der Waals surface area contributed by atoms with Gasteiger partial charge < -0.3 is 10.5 Å². The summed E-state index contributed by atoms with van der Waals surface area (Å²) in [5, 5.41) is 0. The summed E-state index contributed by atoms with van der Waals surface area (Å²) in [6.07, 6.45) is 0. The van der Waals surface area contributed by atoms with E-state index in [0.29, 0.717) is 24.9 Å². The molecule has 18 heavy (non-hydrogen) atoms. The Hall–Kier alpha value is -1.94. The van der Waals surface area contributed by atoms with Crippen molar-refractivity contribution in [1.29, 1.82) is 0 Å². The molecule has 94 valence electrons. The summed E-state index contributed by atoms with van der Waals surface area (Å²) in [5.41, 5.74) is 8.87. The smallest absolute Gasteiger partial charge is 0.157 e. The number of anilines is 1. The number of benzene rings is 1. The zero-order valence-electron chi connectivity index (χ0n) is 10.7. The maximum absolute atomic E-state index is 5.80. The van der Waals surface area contributed by atoms with Crippen molar-refractivity contribution in [3.63, 3.8) is 0 Å². The van der Waals surface area contributed by atoms with E-state index in [1.165, 1.54) is 5.56 Å². The fourth-order valence-corrected chi connectivity index (χ4v) is 1.73. The Morgan fingerprint density at radius 1 is 1.22 bits per heavy atom. The summed E-state index contributed by atoms with van der Waals surface area (Å²) < 4.78 is 5.31. The minimum absolute atomic E-state index is 0.389. The van der Waals surface area contributed by atoms with Crippen LogP contribution in [0.2, 0.25) is 0 Å². The Balaban J connectivity index is 2.35. The van der Waals surface area contributed by atoms with Gasteiger partial charge in [0.05, 0.1) is 5.69 Å². The minimum atomic E-state index is 0.389. The van der Waals surface area contributed by atoms with Crippen LogP contribution < -0.4 is 5.73 Å². The summed E-state index contributed by atoms with van der Waals surface area (Å²) in [7, 11) is 0. The van der Waals surface area contributed by atoms with Gasteiger partial charge in [-0.15, -0.1) is 0 Å². The average molecular weight is 243 g/mol. The number of hydrogen-bond donors (Lipinski definition) is 1. The first-order chi connectivity index (χ1) is 8.69. The first-order valence-electron chi connectivity index (χ1n) is 5.97. The number of nitrogens with zero attached hydrogens (tertiary/aromatic N) is 2. The molecule has 0 saturated carbocycles. The molecule has 0 spiro atoms. The van der Waals surface area contributed by atoms with Gasteiger partial charge in [-0.05, 0) is 19.9 Å². The summed E-state index contributed by atoms with van der Waals surface area (Å²) in [4.78, 5) is 8.63. The second kappa shape index (κ2) is 5.60. The van der Waals surface area contributed by atoms with Crippen LogP contribution in [0.5, 0.6) is 0 Å². The molecule has 0 unspecified atom stereocenters. The van der Waals surface area contributed by atoms with Crippen LogP contribution in [0, 0.1) is 6.92 Å². The van der Waals surface area contributed by atoms with Gasteiger partial charge in [0.1, 0.15) is 12.4 Å². The van der Waals surface area contributed by atoms with Gasteiger partial charge in [0, 0.05) is 18.2 Å². The third-order valence-electron chi connectivity index (χ3n) is 2.54. The van der Waals surface area contributed by atoms with Crippen molar-refractivity contribution in [3.8, 4) is 11.3 Å². The molecule has 0 fully saturated rings. The zero-order valence-corrected chi connectivity index (χ0v) is 10.7. The molecule has 2 N–H and O–H groups in total.